The highest BCUT2D eigenvalue weighted by Gasteiger charge is 2.13. The van der Waals surface area contributed by atoms with Crippen molar-refractivity contribution in [2.24, 2.45) is 0 Å². The van der Waals surface area contributed by atoms with Crippen molar-refractivity contribution in [1.29, 1.82) is 0 Å². The number of aromatic nitrogens is 1. The molecule has 0 atom stereocenters. The maximum atomic E-state index is 5.87. The summed E-state index contributed by atoms with van der Waals surface area (Å²) in [5.74, 6) is 3.04. The van der Waals surface area contributed by atoms with E-state index in [1.54, 1.807) is 18.4 Å². The number of rotatable bonds is 8. The van der Waals surface area contributed by atoms with E-state index < -0.39 is 0 Å². The van der Waals surface area contributed by atoms with Crippen molar-refractivity contribution in [3.63, 3.8) is 0 Å². The van der Waals surface area contributed by atoms with Gasteiger partial charge in [0.05, 0.1) is 17.8 Å². The minimum Gasteiger partial charge on any atom is -0.493 e. The minimum absolute atomic E-state index is 0.294. The third-order valence-electron chi connectivity index (χ3n) is 4.37. The lowest BCUT2D eigenvalue weighted by Crippen LogP contribution is -2.12. The number of methoxy groups -OCH3 is 1. The van der Waals surface area contributed by atoms with Crippen LogP contribution in [0.2, 0.25) is 0 Å². The third kappa shape index (κ3) is 4.37. The van der Waals surface area contributed by atoms with E-state index in [1.807, 2.05) is 48.7 Å². The van der Waals surface area contributed by atoms with Gasteiger partial charge in [0, 0.05) is 18.5 Å². The molecule has 0 amide bonds. The second kappa shape index (κ2) is 8.50. The molecule has 6 nitrogen and oxygen atoms in total. The summed E-state index contributed by atoms with van der Waals surface area (Å²) in [6.45, 7) is 4.17. The van der Waals surface area contributed by atoms with Crippen LogP contribution in [0, 0.1) is 6.92 Å². The maximum Gasteiger partial charge on any atom is 0.231 e. The molecule has 0 aliphatic carbocycles. The van der Waals surface area contributed by atoms with Crippen LogP contribution in [0.25, 0.3) is 0 Å². The molecule has 3 aromatic rings. The number of hydrogen-bond acceptors (Lipinski definition) is 7. The number of nitrogens with one attached hydrogen (secondary N) is 1. The summed E-state index contributed by atoms with van der Waals surface area (Å²) in [6.07, 6.45) is 0. The summed E-state index contributed by atoms with van der Waals surface area (Å²) in [7, 11) is 1.65. The normalized spacial score (nSPS) is 12.2. The van der Waals surface area contributed by atoms with Crippen molar-refractivity contribution < 1.29 is 18.9 Å². The first-order valence-corrected chi connectivity index (χ1v) is 9.89. The Bertz CT molecular complexity index is 957. The molecule has 1 N–H and O–H groups in total. The predicted octanol–water partition coefficient (Wildman–Crippen LogP) is 4.06. The molecule has 1 aliphatic heterocycles. The Morgan fingerprint density at radius 3 is 2.61 bits per heavy atom. The van der Waals surface area contributed by atoms with Crippen molar-refractivity contribution in [3.8, 4) is 23.0 Å². The molecule has 28 heavy (non-hydrogen) atoms. The summed E-state index contributed by atoms with van der Waals surface area (Å²) >= 11 is 1.62. The molecule has 0 spiro atoms. The number of thiazole rings is 1. The molecule has 7 heteroatoms. The third-order valence-corrected chi connectivity index (χ3v) is 5.19. The minimum atomic E-state index is 0.294. The number of nitrogens with zero attached hydrogens (tertiary/aromatic N) is 1. The van der Waals surface area contributed by atoms with E-state index in [2.05, 4.69) is 10.3 Å². The summed E-state index contributed by atoms with van der Waals surface area (Å²) in [5.41, 5.74) is 3.20. The Labute approximate surface area is 168 Å². The van der Waals surface area contributed by atoms with E-state index in [9.17, 15) is 0 Å². The van der Waals surface area contributed by atoms with E-state index in [-0.39, 0.29) is 0 Å². The molecule has 0 fully saturated rings. The zero-order valence-electron chi connectivity index (χ0n) is 15.9. The van der Waals surface area contributed by atoms with Crippen LogP contribution >= 0.6 is 11.3 Å². The van der Waals surface area contributed by atoms with Crippen molar-refractivity contribution in [2.75, 3.05) is 13.9 Å². The molecular formula is C21H22N2O4S. The molecule has 4 rings (SSSR count). The van der Waals surface area contributed by atoms with Crippen LogP contribution in [-0.4, -0.2) is 18.9 Å². The summed E-state index contributed by atoms with van der Waals surface area (Å²) in [5, 5.41) is 6.49. The van der Waals surface area contributed by atoms with E-state index in [0.29, 0.717) is 24.9 Å². The van der Waals surface area contributed by atoms with E-state index in [0.717, 1.165) is 46.4 Å². The lowest BCUT2D eigenvalue weighted by molar-refractivity contribution is 0.174. The molecule has 146 valence electrons. The molecule has 0 saturated carbocycles. The highest BCUT2D eigenvalue weighted by atomic mass is 32.1. The molecule has 1 aromatic heterocycles. The van der Waals surface area contributed by atoms with Gasteiger partial charge in [-0.2, -0.15) is 0 Å². The predicted molar refractivity (Wildman–Crippen MR) is 107 cm³/mol. The Hall–Kier alpha value is -2.77. The fourth-order valence-electron chi connectivity index (χ4n) is 2.97. The van der Waals surface area contributed by atoms with E-state index >= 15 is 0 Å². The Kier molecular flexibility index (Phi) is 5.64. The quantitative estimate of drug-likeness (QED) is 0.618. The van der Waals surface area contributed by atoms with Crippen molar-refractivity contribution in [3.05, 3.63) is 63.6 Å². The van der Waals surface area contributed by atoms with Gasteiger partial charge in [-0.3, -0.25) is 0 Å². The summed E-state index contributed by atoms with van der Waals surface area (Å²) in [6, 6.07) is 12.0. The Morgan fingerprint density at radius 2 is 1.82 bits per heavy atom. The smallest absolute Gasteiger partial charge is 0.231 e. The van der Waals surface area contributed by atoms with Gasteiger partial charge >= 0.3 is 0 Å². The van der Waals surface area contributed by atoms with Crippen LogP contribution in [0.5, 0.6) is 23.0 Å². The second-order valence-corrected chi connectivity index (χ2v) is 7.49. The van der Waals surface area contributed by atoms with Gasteiger partial charge in [-0.05, 0) is 42.3 Å². The molecular weight excluding hydrogens is 376 g/mol. The fraction of sp³-hybridized carbons (Fsp3) is 0.286. The zero-order valence-corrected chi connectivity index (χ0v) is 16.7. The van der Waals surface area contributed by atoms with Crippen LogP contribution in [0.4, 0.5) is 0 Å². The summed E-state index contributed by atoms with van der Waals surface area (Å²) in [4.78, 5) is 4.42. The molecule has 0 bridgehead atoms. The largest absolute Gasteiger partial charge is 0.493 e. The number of hydrogen-bond donors (Lipinski definition) is 1. The Morgan fingerprint density at radius 1 is 1.04 bits per heavy atom. The standard InChI is InChI=1S/C21H22N2O4S/c1-14-23-17(12-28-14)11-25-18-5-3-15(7-20(18)24-2)9-22-10-16-4-6-19-21(8-16)27-13-26-19/h3-8,12,22H,9-11,13H2,1-2H3. The number of ether oxygens (including phenoxy) is 4. The van der Waals surface area contributed by atoms with Gasteiger partial charge in [0.2, 0.25) is 6.79 Å². The second-order valence-electron chi connectivity index (χ2n) is 6.42. The number of fused-ring (bicyclic) bond motifs is 1. The molecule has 1 aliphatic rings. The van der Waals surface area contributed by atoms with Gasteiger partial charge in [-0.1, -0.05) is 12.1 Å². The van der Waals surface area contributed by atoms with Gasteiger partial charge in [-0.25, -0.2) is 4.98 Å². The van der Waals surface area contributed by atoms with Gasteiger partial charge < -0.3 is 24.3 Å². The molecule has 0 saturated heterocycles. The lowest BCUT2D eigenvalue weighted by Gasteiger charge is -2.12. The SMILES string of the molecule is COc1cc(CNCc2ccc3c(c2)OCO3)ccc1OCc1csc(C)n1. The van der Waals surface area contributed by atoms with Crippen LogP contribution in [0.1, 0.15) is 21.8 Å². The Balaban J connectivity index is 1.33. The maximum absolute atomic E-state index is 5.87. The van der Waals surface area contributed by atoms with Gasteiger partial charge in [0.15, 0.2) is 23.0 Å². The first-order valence-electron chi connectivity index (χ1n) is 9.01. The van der Waals surface area contributed by atoms with Crippen LogP contribution < -0.4 is 24.3 Å². The van der Waals surface area contributed by atoms with Crippen LogP contribution in [0.3, 0.4) is 0 Å². The molecule has 0 radical (unpaired) electrons. The van der Waals surface area contributed by atoms with Gasteiger partial charge in [0.1, 0.15) is 6.61 Å². The van der Waals surface area contributed by atoms with E-state index in [4.69, 9.17) is 18.9 Å². The number of aryl methyl sites for hydroxylation is 1. The van der Waals surface area contributed by atoms with Gasteiger partial charge in [-0.15, -0.1) is 11.3 Å². The first-order chi connectivity index (χ1) is 13.7. The zero-order chi connectivity index (χ0) is 19.3. The monoisotopic (exact) mass is 398 g/mol. The molecule has 2 heterocycles. The fourth-order valence-corrected chi connectivity index (χ4v) is 3.57. The topological polar surface area (TPSA) is 61.8 Å². The average Bonchev–Trinajstić information content (AvgIpc) is 3.35. The lowest BCUT2D eigenvalue weighted by atomic mass is 10.1. The highest BCUT2D eigenvalue weighted by molar-refractivity contribution is 7.09. The highest BCUT2D eigenvalue weighted by Crippen LogP contribution is 2.32. The average molecular weight is 398 g/mol. The number of benzene rings is 2. The van der Waals surface area contributed by atoms with Gasteiger partial charge in [0.25, 0.3) is 0 Å². The first kappa shape index (κ1) is 18.6. The van der Waals surface area contributed by atoms with Crippen molar-refractivity contribution >= 4 is 11.3 Å². The van der Waals surface area contributed by atoms with Crippen LogP contribution in [-0.2, 0) is 19.7 Å². The van der Waals surface area contributed by atoms with Crippen molar-refractivity contribution in [2.45, 2.75) is 26.6 Å². The van der Waals surface area contributed by atoms with E-state index in [1.165, 1.54) is 0 Å². The van der Waals surface area contributed by atoms with Crippen LogP contribution in [0.15, 0.2) is 41.8 Å². The molecule has 2 aromatic carbocycles. The van der Waals surface area contributed by atoms with Crippen molar-refractivity contribution in [1.82, 2.24) is 10.3 Å². The molecule has 0 unspecified atom stereocenters. The summed E-state index contributed by atoms with van der Waals surface area (Å²) < 4.78 is 22.1.